The van der Waals surface area contributed by atoms with Gasteiger partial charge in [0, 0.05) is 26.2 Å². The van der Waals surface area contributed by atoms with Gasteiger partial charge in [-0.1, -0.05) is 13.8 Å². The molecule has 1 aliphatic rings. The zero-order chi connectivity index (χ0) is 12.7. The lowest BCUT2D eigenvalue weighted by Crippen LogP contribution is -2.56. The summed E-state index contributed by atoms with van der Waals surface area (Å²) in [7, 11) is 0. The summed E-state index contributed by atoms with van der Waals surface area (Å²) in [6.45, 7) is 6.99. The Balaban J connectivity index is 2.16. The molecule has 1 rings (SSSR count). The number of hydrogen-bond donors (Lipinski definition) is 4. The Labute approximate surface area is 102 Å². The second-order valence-electron chi connectivity index (χ2n) is 4.63. The van der Waals surface area contributed by atoms with Crippen molar-refractivity contribution in [3.8, 4) is 0 Å². The van der Waals surface area contributed by atoms with Crippen LogP contribution in [0.2, 0.25) is 0 Å². The predicted octanol–water partition coefficient (Wildman–Crippen LogP) is -1.56. The van der Waals surface area contributed by atoms with Crippen LogP contribution in [0.4, 0.5) is 0 Å². The molecule has 1 saturated heterocycles. The standard InChI is InChI=1S/C11H22N4O2/c1-8(2)5-14-10(16)7-15-11(17)9-6-12-3-4-13-9/h8-9,12-13H,3-7H2,1-2H3,(H,14,16)(H,15,17). The molecule has 17 heavy (non-hydrogen) atoms. The van der Waals surface area contributed by atoms with E-state index in [-0.39, 0.29) is 24.4 Å². The highest BCUT2D eigenvalue weighted by Crippen LogP contribution is 1.88. The van der Waals surface area contributed by atoms with Crippen molar-refractivity contribution in [1.29, 1.82) is 0 Å². The summed E-state index contributed by atoms with van der Waals surface area (Å²) >= 11 is 0. The van der Waals surface area contributed by atoms with Crippen LogP contribution >= 0.6 is 0 Å². The maximum absolute atomic E-state index is 11.6. The van der Waals surface area contributed by atoms with Gasteiger partial charge < -0.3 is 21.3 Å². The summed E-state index contributed by atoms with van der Waals surface area (Å²) in [5, 5.41) is 11.6. The fourth-order valence-electron chi connectivity index (χ4n) is 1.51. The summed E-state index contributed by atoms with van der Waals surface area (Å²) in [6.07, 6.45) is 0. The summed E-state index contributed by atoms with van der Waals surface area (Å²) in [4.78, 5) is 23.0. The average Bonchev–Trinajstić information content (AvgIpc) is 2.34. The molecule has 1 aliphatic heterocycles. The molecule has 0 aromatic heterocycles. The van der Waals surface area contributed by atoms with Crippen molar-refractivity contribution >= 4 is 11.8 Å². The zero-order valence-corrected chi connectivity index (χ0v) is 10.5. The Bertz CT molecular complexity index is 262. The Hall–Kier alpha value is -1.14. The lowest BCUT2D eigenvalue weighted by atomic mass is 10.2. The first-order valence-electron chi connectivity index (χ1n) is 6.08. The Kier molecular flexibility index (Phi) is 5.93. The van der Waals surface area contributed by atoms with Crippen LogP contribution < -0.4 is 21.3 Å². The number of piperazine rings is 1. The van der Waals surface area contributed by atoms with Gasteiger partial charge in [-0.25, -0.2) is 0 Å². The van der Waals surface area contributed by atoms with Gasteiger partial charge in [0.2, 0.25) is 11.8 Å². The maximum Gasteiger partial charge on any atom is 0.239 e. The number of carbonyl (C=O) groups excluding carboxylic acids is 2. The van der Waals surface area contributed by atoms with E-state index in [9.17, 15) is 9.59 Å². The quantitative estimate of drug-likeness (QED) is 0.470. The molecule has 0 saturated carbocycles. The molecule has 0 aliphatic carbocycles. The molecule has 1 fully saturated rings. The first-order chi connectivity index (χ1) is 8.09. The molecule has 0 aromatic rings. The smallest absolute Gasteiger partial charge is 0.239 e. The summed E-state index contributed by atoms with van der Waals surface area (Å²) < 4.78 is 0. The van der Waals surface area contributed by atoms with Gasteiger partial charge in [0.25, 0.3) is 0 Å². The zero-order valence-electron chi connectivity index (χ0n) is 10.5. The fourth-order valence-corrected chi connectivity index (χ4v) is 1.51. The second-order valence-corrected chi connectivity index (χ2v) is 4.63. The molecule has 6 nitrogen and oxygen atoms in total. The third-order valence-corrected chi connectivity index (χ3v) is 2.49. The van der Waals surface area contributed by atoms with Gasteiger partial charge in [-0.2, -0.15) is 0 Å². The van der Waals surface area contributed by atoms with Crippen molar-refractivity contribution < 1.29 is 9.59 Å². The monoisotopic (exact) mass is 242 g/mol. The number of nitrogens with one attached hydrogen (secondary N) is 4. The first kappa shape index (κ1) is 13.9. The molecule has 0 aromatic carbocycles. The van der Waals surface area contributed by atoms with Crippen LogP contribution in [-0.4, -0.2) is 50.6 Å². The van der Waals surface area contributed by atoms with Crippen molar-refractivity contribution in [3.63, 3.8) is 0 Å². The van der Waals surface area contributed by atoms with E-state index in [4.69, 9.17) is 0 Å². The van der Waals surface area contributed by atoms with Gasteiger partial charge in [-0.3, -0.25) is 9.59 Å². The van der Waals surface area contributed by atoms with Crippen LogP contribution in [0.5, 0.6) is 0 Å². The van der Waals surface area contributed by atoms with E-state index < -0.39 is 0 Å². The van der Waals surface area contributed by atoms with Crippen LogP contribution in [0, 0.1) is 5.92 Å². The van der Waals surface area contributed by atoms with E-state index in [1.54, 1.807) is 0 Å². The SMILES string of the molecule is CC(C)CNC(=O)CNC(=O)C1CNCCN1. The molecule has 1 atom stereocenters. The van der Waals surface area contributed by atoms with E-state index in [0.717, 1.165) is 13.1 Å². The van der Waals surface area contributed by atoms with Crippen molar-refractivity contribution in [2.45, 2.75) is 19.9 Å². The average molecular weight is 242 g/mol. The van der Waals surface area contributed by atoms with Gasteiger partial charge in [-0.15, -0.1) is 0 Å². The van der Waals surface area contributed by atoms with Crippen LogP contribution in [0.15, 0.2) is 0 Å². The largest absolute Gasteiger partial charge is 0.354 e. The van der Waals surface area contributed by atoms with E-state index in [1.165, 1.54) is 0 Å². The fraction of sp³-hybridized carbons (Fsp3) is 0.818. The summed E-state index contributed by atoms with van der Waals surface area (Å²) in [6, 6.07) is -0.235. The van der Waals surface area contributed by atoms with E-state index in [0.29, 0.717) is 19.0 Å². The van der Waals surface area contributed by atoms with Gasteiger partial charge in [-0.05, 0) is 5.92 Å². The van der Waals surface area contributed by atoms with Gasteiger partial charge in [0.1, 0.15) is 0 Å². The molecule has 6 heteroatoms. The van der Waals surface area contributed by atoms with Crippen molar-refractivity contribution in [2.75, 3.05) is 32.7 Å². The summed E-state index contributed by atoms with van der Waals surface area (Å²) in [5.41, 5.74) is 0. The van der Waals surface area contributed by atoms with Crippen molar-refractivity contribution in [2.24, 2.45) is 5.92 Å². The molecule has 0 radical (unpaired) electrons. The Morgan fingerprint density at radius 2 is 2.06 bits per heavy atom. The minimum atomic E-state index is -0.235. The van der Waals surface area contributed by atoms with Gasteiger partial charge in [0.05, 0.1) is 12.6 Å². The molecule has 0 bridgehead atoms. The van der Waals surface area contributed by atoms with Crippen LogP contribution in [0.1, 0.15) is 13.8 Å². The summed E-state index contributed by atoms with van der Waals surface area (Å²) in [5.74, 6) is 0.145. The van der Waals surface area contributed by atoms with Crippen molar-refractivity contribution in [3.05, 3.63) is 0 Å². The van der Waals surface area contributed by atoms with Gasteiger partial charge in [0.15, 0.2) is 0 Å². The van der Waals surface area contributed by atoms with Gasteiger partial charge >= 0.3 is 0 Å². The molecule has 0 spiro atoms. The number of carbonyl (C=O) groups is 2. The first-order valence-corrected chi connectivity index (χ1v) is 6.08. The third-order valence-electron chi connectivity index (χ3n) is 2.49. The Morgan fingerprint density at radius 1 is 1.29 bits per heavy atom. The molecule has 4 N–H and O–H groups in total. The minimum Gasteiger partial charge on any atom is -0.354 e. The molecular formula is C11H22N4O2. The highest BCUT2D eigenvalue weighted by Gasteiger charge is 2.20. The molecule has 1 heterocycles. The molecule has 1 unspecified atom stereocenters. The highest BCUT2D eigenvalue weighted by atomic mass is 16.2. The lowest BCUT2D eigenvalue weighted by molar-refractivity contribution is -0.127. The van der Waals surface area contributed by atoms with Crippen LogP contribution in [0.25, 0.3) is 0 Å². The highest BCUT2D eigenvalue weighted by molar-refractivity contribution is 5.87. The molecule has 98 valence electrons. The van der Waals surface area contributed by atoms with E-state index in [2.05, 4.69) is 21.3 Å². The normalized spacial score (nSPS) is 20.1. The predicted molar refractivity (Wildman–Crippen MR) is 65.5 cm³/mol. The number of amides is 2. The third kappa shape index (κ3) is 5.65. The van der Waals surface area contributed by atoms with E-state index >= 15 is 0 Å². The van der Waals surface area contributed by atoms with E-state index in [1.807, 2.05) is 13.8 Å². The Morgan fingerprint density at radius 3 is 2.65 bits per heavy atom. The lowest BCUT2D eigenvalue weighted by Gasteiger charge is -2.23. The maximum atomic E-state index is 11.6. The molecule has 2 amide bonds. The number of hydrogen-bond acceptors (Lipinski definition) is 4. The number of rotatable bonds is 5. The van der Waals surface area contributed by atoms with Crippen LogP contribution in [0.3, 0.4) is 0 Å². The second kappa shape index (κ2) is 7.24. The minimum absolute atomic E-state index is 0.0454. The molecular weight excluding hydrogens is 220 g/mol. The topological polar surface area (TPSA) is 82.3 Å². The van der Waals surface area contributed by atoms with Crippen molar-refractivity contribution in [1.82, 2.24) is 21.3 Å². The van der Waals surface area contributed by atoms with Crippen LogP contribution in [-0.2, 0) is 9.59 Å².